The van der Waals surface area contributed by atoms with Gasteiger partial charge in [-0.25, -0.2) is 4.98 Å². The molecule has 0 aromatic carbocycles. The first kappa shape index (κ1) is 16.3. The molecule has 0 bridgehead atoms. The summed E-state index contributed by atoms with van der Waals surface area (Å²) in [6, 6.07) is 2.62. The highest BCUT2D eigenvalue weighted by molar-refractivity contribution is 7.99. The fourth-order valence-corrected chi connectivity index (χ4v) is 4.28. The van der Waals surface area contributed by atoms with Gasteiger partial charge in [0.05, 0.1) is 5.75 Å². The van der Waals surface area contributed by atoms with Gasteiger partial charge in [0.15, 0.2) is 5.78 Å². The van der Waals surface area contributed by atoms with Crippen LogP contribution in [0.2, 0.25) is 0 Å². The number of aryl methyl sites for hydroxylation is 2. The molecule has 1 fully saturated rings. The molecule has 3 rings (SSSR count). The van der Waals surface area contributed by atoms with Gasteiger partial charge in [-0.2, -0.15) is 0 Å². The summed E-state index contributed by atoms with van der Waals surface area (Å²) in [4.78, 5) is 16.8. The number of hydrogen-bond donors (Lipinski definition) is 1. The molecule has 1 aliphatic carbocycles. The summed E-state index contributed by atoms with van der Waals surface area (Å²) >= 11 is 1.39. The number of Topliss-reactive ketones (excluding diaryl/α,β-unsaturated/α-hetero) is 1. The summed E-state index contributed by atoms with van der Waals surface area (Å²) in [7, 11) is 0. The number of carbonyl (C=O) groups excluding carboxylic acids is 1. The number of thioether (sulfide) groups is 1. The van der Waals surface area contributed by atoms with E-state index >= 15 is 0 Å². The maximum atomic E-state index is 12.6. The Morgan fingerprint density at radius 3 is 2.70 bits per heavy atom. The van der Waals surface area contributed by atoms with Gasteiger partial charge in [-0.3, -0.25) is 9.89 Å². The van der Waals surface area contributed by atoms with Crippen LogP contribution in [0.15, 0.2) is 11.2 Å². The Bertz CT molecular complexity index is 698. The van der Waals surface area contributed by atoms with Gasteiger partial charge in [-0.1, -0.05) is 31.0 Å². The largest absolute Gasteiger partial charge is 0.345 e. The molecule has 0 radical (unpaired) electrons. The Labute approximate surface area is 141 Å². The van der Waals surface area contributed by atoms with Crippen molar-refractivity contribution in [3.63, 3.8) is 0 Å². The number of carbonyl (C=O) groups is 1. The Balaban J connectivity index is 1.73. The lowest BCUT2D eigenvalue weighted by atomic mass is 9.95. The van der Waals surface area contributed by atoms with E-state index in [-0.39, 0.29) is 5.78 Å². The van der Waals surface area contributed by atoms with Crippen LogP contribution in [0.5, 0.6) is 0 Å². The van der Waals surface area contributed by atoms with E-state index in [1.165, 1.54) is 49.6 Å². The third-order valence-electron chi connectivity index (χ3n) is 4.63. The van der Waals surface area contributed by atoms with Crippen molar-refractivity contribution in [2.45, 2.75) is 64.1 Å². The summed E-state index contributed by atoms with van der Waals surface area (Å²) in [5, 5.41) is 7.51. The lowest BCUT2D eigenvalue weighted by molar-refractivity contribution is 0.102. The number of aromatic nitrogens is 4. The predicted molar refractivity (Wildman–Crippen MR) is 92.2 cm³/mol. The Hall–Kier alpha value is -1.56. The molecule has 23 heavy (non-hydrogen) atoms. The Morgan fingerprint density at radius 2 is 2.04 bits per heavy atom. The smallest absolute Gasteiger partial charge is 0.208 e. The van der Waals surface area contributed by atoms with Crippen LogP contribution >= 0.6 is 11.8 Å². The van der Waals surface area contributed by atoms with Crippen molar-refractivity contribution < 1.29 is 4.79 Å². The van der Waals surface area contributed by atoms with Gasteiger partial charge in [0.2, 0.25) is 5.16 Å². The highest BCUT2D eigenvalue weighted by atomic mass is 32.2. The van der Waals surface area contributed by atoms with Gasteiger partial charge in [0.1, 0.15) is 5.82 Å². The van der Waals surface area contributed by atoms with Crippen molar-refractivity contribution >= 4 is 17.5 Å². The predicted octanol–water partition coefficient (Wildman–Crippen LogP) is 4.01. The second-order valence-corrected chi connectivity index (χ2v) is 7.30. The topological polar surface area (TPSA) is 63.6 Å². The first-order chi connectivity index (χ1) is 11.1. The molecule has 2 aromatic rings. The van der Waals surface area contributed by atoms with Crippen LogP contribution in [0, 0.1) is 20.8 Å². The van der Waals surface area contributed by atoms with E-state index in [4.69, 9.17) is 0 Å². The van der Waals surface area contributed by atoms with Crippen LogP contribution in [0.3, 0.4) is 0 Å². The Morgan fingerprint density at radius 1 is 1.30 bits per heavy atom. The third-order valence-corrected chi connectivity index (χ3v) is 5.48. The third kappa shape index (κ3) is 3.52. The zero-order chi connectivity index (χ0) is 16.4. The monoisotopic (exact) mass is 332 g/mol. The van der Waals surface area contributed by atoms with E-state index in [0.717, 1.165) is 17.1 Å². The second-order valence-electron chi connectivity index (χ2n) is 6.36. The van der Waals surface area contributed by atoms with Gasteiger partial charge in [-0.15, -0.1) is 5.10 Å². The van der Waals surface area contributed by atoms with Crippen molar-refractivity contribution in [2.75, 3.05) is 5.75 Å². The highest BCUT2D eigenvalue weighted by Gasteiger charge is 2.22. The molecule has 6 heteroatoms. The van der Waals surface area contributed by atoms with Crippen LogP contribution < -0.4 is 0 Å². The fraction of sp³-hybridized carbons (Fsp3) is 0.588. The molecular weight excluding hydrogens is 308 g/mol. The average Bonchev–Trinajstić information content (AvgIpc) is 3.09. The lowest BCUT2D eigenvalue weighted by Crippen LogP contribution is -2.16. The molecule has 2 heterocycles. The molecule has 0 atom stereocenters. The quantitative estimate of drug-likeness (QED) is 0.664. The number of ketones is 1. The summed E-state index contributed by atoms with van der Waals surface area (Å²) < 4.78 is 2.38. The molecule has 0 aliphatic heterocycles. The molecule has 1 aliphatic rings. The van der Waals surface area contributed by atoms with E-state index in [1.807, 2.05) is 6.92 Å². The standard InChI is InChI=1S/C17H24N4OS/c1-11-9-15(12(2)21(11)14-7-5-4-6-8-14)16(22)10-23-17-18-13(3)19-20-17/h9,14H,4-8,10H2,1-3H3,(H,18,19,20). The SMILES string of the molecule is Cc1nc(SCC(=O)c2cc(C)n(C3CCCCC3)c2C)n[nH]1. The molecule has 2 aromatic heterocycles. The number of hydrogen-bond acceptors (Lipinski definition) is 4. The molecular formula is C17H24N4OS. The van der Waals surface area contributed by atoms with E-state index in [2.05, 4.69) is 39.7 Å². The van der Waals surface area contributed by atoms with Gasteiger partial charge in [0, 0.05) is 23.0 Å². The average molecular weight is 332 g/mol. The van der Waals surface area contributed by atoms with E-state index < -0.39 is 0 Å². The van der Waals surface area contributed by atoms with Gasteiger partial charge < -0.3 is 4.57 Å². The van der Waals surface area contributed by atoms with Crippen LogP contribution in [0.25, 0.3) is 0 Å². The van der Waals surface area contributed by atoms with Crippen molar-refractivity contribution in [3.8, 4) is 0 Å². The number of H-pyrrole nitrogens is 1. The van der Waals surface area contributed by atoms with Crippen molar-refractivity contribution in [2.24, 2.45) is 0 Å². The van der Waals surface area contributed by atoms with Crippen molar-refractivity contribution in [3.05, 3.63) is 28.8 Å². The number of rotatable bonds is 5. The van der Waals surface area contributed by atoms with E-state index in [1.54, 1.807) is 0 Å². The molecule has 0 spiro atoms. The van der Waals surface area contributed by atoms with Crippen LogP contribution in [0.1, 0.15) is 65.7 Å². The highest BCUT2D eigenvalue weighted by Crippen LogP contribution is 2.32. The number of aromatic amines is 1. The minimum atomic E-state index is 0.160. The zero-order valence-corrected chi connectivity index (χ0v) is 14.9. The van der Waals surface area contributed by atoms with Crippen LogP contribution in [0.4, 0.5) is 0 Å². The molecule has 0 unspecified atom stereocenters. The molecule has 5 nitrogen and oxygen atoms in total. The van der Waals surface area contributed by atoms with Crippen molar-refractivity contribution in [1.82, 2.24) is 19.7 Å². The first-order valence-electron chi connectivity index (χ1n) is 8.29. The first-order valence-corrected chi connectivity index (χ1v) is 9.28. The molecule has 1 saturated carbocycles. The van der Waals surface area contributed by atoms with E-state index in [0.29, 0.717) is 17.0 Å². The molecule has 0 amide bonds. The maximum Gasteiger partial charge on any atom is 0.208 e. The van der Waals surface area contributed by atoms with Gasteiger partial charge in [-0.05, 0) is 39.7 Å². The van der Waals surface area contributed by atoms with E-state index in [9.17, 15) is 4.79 Å². The second kappa shape index (κ2) is 6.91. The normalized spacial score (nSPS) is 16.0. The minimum absolute atomic E-state index is 0.160. The molecule has 1 N–H and O–H groups in total. The summed E-state index contributed by atoms with van der Waals surface area (Å²) in [5.41, 5.74) is 3.18. The minimum Gasteiger partial charge on any atom is -0.345 e. The molecule has 0 saturated heterocycles. The Kier molecular flexibility index (Phi) is 4.90. The van der Waals surface area contributed by atoms with Crippen LogP contribution in [-0.4, -0.2) is 31.3 Å². The maximum absolute atomic E-state index is 12.6. The lowest BCUT2D eigenvalue weighted by Gasteiger charge is -2.26. The summed E-state index contributed by atoms with van der Waals surface area (Å²) in [5.74, 6) is 1.31. The fourth-order valence-electron chi connectivity index (χ4n) is 3.56. The zero-order valence-electron chi connectivity index (χ0n) is 14.1. The van der Waals surface area contributed by atoms with Crippen LogP contribution in [-0.2, 0) is 0 Å². The van der Waals surface area contributed by atoms with Crippen molar-refractivity contribution in [1.29, 1.82) is 0 Å². The molecule has 124 valence electrons. The summed E-state index contributed by atoms with van der Waals surface area (Å²) in [6.45, 7) is 6.05. The van der Waals surface area contributed by atoms with Gasteiger partial charge in [0.25, 0.3) is 0 Å². The number of nitrogens with zero attached hydrogens (tertiary/aromatic N) is 3. The van der Waals surface area contributed by atoms with Gasteiger partial charge >= 0.3 is 0 Å². The summed E-state index contributed by atoms with van der Waals surface area (Å²) in [6.07, 6.45) is 6.40. The number of nitrogens with one attached hydrogen (secondary N) is 1.